The number of carbonyl (C=O) groups excluding carboxylic acids is 1. The molecular weight excluding hydrogens is 204 g/mol. The molecule has 1 saturated heterocycles. The lowest BCUT2D eigenvalue weighted by Gasteiger charge is -2.27. The van der Waals surface area contributed by atoms with Crippen LogP contribution in [0.4, 0.5) is 0 Å². The second kappa shape index (κ2) is 6.86. The summed E-state index contributed by atoms with van der Waals surface area (Å²) in [4.78, 5) is 11.8. The number of piperidine rings is 1. The molecule has 1 fully saturated rings. The minimum atomic E-state index is 0.176. The molecule has 0 spiro atoms. The highest BCUT2D eigenvalue weighted by molar-refractivity contribution is 5.78. The second-order valence-corrected chi connectivity index (χ2v) is 4.79. The maximum Gasteiger partial charge on any atom is 0.223 e. The summed E-state index contributed by atoms with van der Waals surface area (Å²) >= 11 is 0. The molecule has 2 atom stereocenters. The van der Waals surface area contributed by atoms with Crippen LogP contribution in [0.2, 0.25) is 0 Å². The van der Waals surface area contributed by atoms with Gasteiger partial charge in [0.1, 0.15) is 0 Å². The van der Waals surface area contributed by atoms with E-state index in [1.807, 2.05) is 13.8 Å². The fourth-order valence-corrected chi connectivity index (χ4v) is 1.98. The summed E-state index contributed by atoms with van der Waals surface area (Å²) in [7, 11) is 0. The van der Waals surface area contributed by atoms with Crippen molar-refractivity contribution in [3.05, 3.63) is 0 Å². The van der Waals surface area contributed by atoms with E-state index in [0.29, 0.717) is 19.2 Å². The fraction of sp³-hybridized carbons (Fsp3) is 0.917. The summed E-state index contributed by atoms with van der Waals surface area (Å²) in [5.41, 5.74) is 0. The van der Waals surface area contributed by atoms with E-state index in [0.717, 1.165) is 19.4 Å². The average Bonchev–Trinajstić information content (AvgIpc) is 2.24. The van der Waals surface area contributed by atoms with Gasteiger partial charge in [0.15, 0.2) is 0 Å². The third-order valence-corrected chi connectivity index (χ3v) is 2.85. The molecule has 0 aromatic rings. The second-order valence-electron chi connectivity index (χ2n) is 4.79. The molecular formula is C12H24N2O2. The molecule has 0 aromatic heterocycles. The van der Waals surface area contributed by atoms with Gasteiger partial charge in [0.05, 0.1) is 12.7 Å². The standard InChI is InChI=1S/C12H24N2O2/c1-9(2)16-7-6-14-12(15)11-4-5-13-10(3)8-11/h9-11,13H,4-8H2,1-3H3,(H,14,15). The Morgan fingerprint density at radius 2 is 2.31 bits per heavy atom. The number of ether oxygens (including phenoxy) is 1. The Kier molecular flexibility index (Phi) is 5.77. The highest BCUT2D eigenvalue weighted by Crippen LogP contribution is 2.15. The van der Waals surface area contributed by atoms with Crippen LogP contribution >= 0.6 is 0 Å². The van der Waals surface area contributed by atoms with E-state index in [4.69, 9.17) is 4.74 Å². The summed E-state index contributed by atoms with van der Waals surface area (Å²) in [6.07, 6.45) is 2.12. The minimum Gasteiger partial charge on any atom is -0.377 e. The van der Waals surface area contributed by atoms with Gasteiger partial charge < -0.3 is 15.4 Å². The lowest BCUT2D eigenvalue weighted by Crippen LogP contribution is -2.43. The first-order valence-electron chi connectivity index (χ1n) is 6.22. The SMILES string of the molecule is CC1CC(C(=O)NCCOC(C)C)CCN1. The minimum absolute atomic E-state index is 0.176. The van der Waals surface area contributed by atoms with Crippen LogP contribution in [0, 0.1) is 5.92 Å². The molecule has 1 rings (SSSR count). The molecule has 1 amide bonds. The molecule has 94 valence electrons. The maximum atomic E-state index is 11.8. The quantitative estimate of drug-likeness (QED) is 0.688. The van der Waals surface area contributed by atoms with Crippen LogP contribution in [0.3, 0.4) is 0 Å². The first-order valence-corrected chi connectivity index (χ1v) is 6.22. The fourth-order valence-electron chi connectivity index (χ4n) is 1.98. The van der Waals surface area contributed by atoms with Crippen LogP contribution in [0.5, 0.6) is 0 Å². The third kappa shape index (κ3) is 4.94. The van der Waals surface area contributed by atoms with Crippen molar-refractivity contribution < 1.29 is 9.53 Å². The van der Waals surface area contributed by atoms with Gasteiger partial charge in [-0.2, -0.15) is 0 Å². The summed E-state index contributed by atoms with van der Waals surface area (Å²) in [6, 6.07) is 0.455. The molecule has 4 nitrogen and oxygen atoms in total. The summed E-state index contributed by atoms with van der Waals surface area (Å²) in [6.45, 7) is 8.29. The van der Waals surface area contributed by atoms with Gasteiger partial charge in [-0.05, 0) is 40.2 Å². The Balaban J connectivity index is 2.14. The number of hydrogen-bond donors (Lipinski definition) is 2. The van der Waals surface area contributed by atoms with Crippen LogP contribution in [0.25, 0.3) is 0 Å². The molecule has 0 bridgehead atoms. The molecule has 1 aliphatic heterocycles. The molecule has 0 aliphatic carbocycles. The monoisotopic (exact) mass is 228 g/mol. The van der Waals surface area contributed by atoms with E-state index < -0.39 is 0 Å². The Labute approximate surface area is 98.1 Å². The Morgan fingerprint density at radius 3 is 2.94 bits per heavy atom. The van der Waals surface area contributed by atoms with Crippen LogP contribution in [-0.2, 0) is 9.53 Å². The zero-order valence-corrected chi connectivity index (χ0v) is 10.6. The molecule has 2 N–H and O–H groups in total. The third-order valence-electron chi connectivity index (χ3n) is 2.85. The number of nitrogens with one attached hydrogen (secondary N) is 2. The van der Waals surface area contributed by atoms with Crippen molar-refractivity contribution in [2.75, 3.05) is 19.7 Å². The molecule has 0 radical (unpaired) electrons. The van der Waals surface area contributed by atoms with Crippen LogP contribution in [0.15, 0.2) is 0 Å². The molecule has 16 heavy (non-hydrogen) atoms. The smallest absolute Gasteiger partial charge is 0.223 e. The molecule has 1 heterocycles. The summed E-state index contributed by atoms with van der Waals surface area (Å²) in [5, 5.41) is 6.28. The van der Waals surface area contributed by atoms with Crippen molar-refractivity contribution in [3.8, 4) is 0 Å². The van der Waals surface area contributed by atoms with Crippen molar-refractivity contribution in [1.29, 1.82) is 0 Å². The van der Waals surface area contributed by atoms with Gasteiger partial charge in [-0.3, -0.25) is 4.79 Å². The van der Waals surface area contributed by atoms with Gasteiger partial charge in [0.25, 0.3) is 0 Å². The van der Waals surface area contributed by atoms with Crippen LogP contribution < -0.4 is 10.6 Å². The van der Waals surface area contributed by atoms with Crippen molar-refractivity contribution in [2.45, 2.75) is 45.8 Å². The van der Waals surface area contributed by atoms with Crippen LogP contribution in [0.1, 0.15) is 33.6 Å². The first-order chi connectivity index (χ1) is 7.59. The van der Waals surface area contributed by atoms with E-state index in [1.54, 1.807) is 0 Å². The topological polar surface area (TPSA) is 50.4 Å². The predicted molar refractivity (Wildman–Crippen MR) is 64.3 cm³/mol. The number of carbonyl (C=O) groups is 1. The highest BCUT2D eigenvalue weighted by Gasteiger charge is 2.24. The van der Waals surface area contributed by atoms with Gasteiger partial charge in [-0.1, -0.05) is 0 Å². The first kappa shape index (κ1) is 13.5. The summed E-state index contributed by atoms with van der Waals surface area (Å²) < 4.78 is 5.37. The average molecular weight is 228 g/mol. The lowest BCUT2D eigenvalue weighted by atomic mass is 9.92. The number of hydrogen-bond acceptors (Lipinski definition) is 3. The highest BCUT2D eigenvalue weighted by atomic mass is 16.5. The van der Waals surface area contributed by atoms with E-state index in [9.17, 15) is 4.79 Å². The van der Waals surface area contributed by atoms with E-state index in [1.165, 1.54) is 0 Å². The normalized spacial score (nSPS) is 25.8. The van der Waals surface area contributed by atoms with Crippen molar-refractivity contribution in [1.82, 2.24) is 10.6 Å². The maximum absolute atomic E-state index is 11.8. The number of amides is 1. The zero-order chi connectivity index (χ0) is 12.0. The van der Waals surface area contributed by atoms with Crippen molar-refractivity contribution in [2.24, 2.45) is 5.92 Å². The largest absolute Gasteiger partial charge is 0.377 e. The molecule has 1 aliphatic rings. The lowest BCUT2D eigenvalue weighted by molar-refractivity contribution is -0.126. The summed E-state index contributed by atoms with van der Waals surface area (Å²) in [5.74, 6) is 0.357. The van der Waals surface area contributed by atoms with E-state index >= 15 is 0 Å². The number of rotatable bonds is 5. The van der Waals surface area contributed by atoms with Crippen molar-refractivity contribution in [3.63, 3.8) is 0 Å². The van der Waals surface area contributed by atoms with E-state index in [2.05, 4.69) is 17.6 Å². The van der Waals surface area contributed by atoms with Gasteiger partial charge in [0, 0.05) is 18.5 Å². The van der Waals surface area contributed by atoms with Gasteiger partial charge in [-0.25, -0.2) is 0 Å². The van der Waals surface area contributed by atoms with Crippen LogP contribution in [-0.4, -0.2) is 37.7 Å². The molecule has 4 heteroatoms. The molecule has 2 unspecified atom stereocenters. The Bertz CT molecular complexity index is 219. The Hall–Kier alpha value is -0.610. The Morgan fingerprint density at radius 1 is 1.56 bits per heavy atom. The van der Waals surface area contributed by atoms with Gasteiger partial charge >= 0.3 is 0 Å². The van der Waals surface area contributed by atoms with E-state index in [-0.39, 0.29) is 17.9 Å². The van der Waals surface area contributed by atoms with Gasteiger partial charge in [0.2, 0.25) is 5.91 Å². The molecule has 0 aromatic carbocycles. The van der Waals surface area contributed by atoms with Crippen molar-refractivity contribution >= 4 is 5.91 Å². The zero-order valence-electron chi connectivity index (χ0n) is 10.6. The van der Waals surface area contributed by atoms with Gasteiger partial charge in [-0.15, -0.1) is 0 Å². The predicted octanol–water partition coefficient (Wildman–Crippen LogP) is 0.916. The molecule has 0 saturated carbocycles.